The minimum absolute atomic E-state index is 0.0154. The molecule has 6 heteroatoms. The molecule has 0 unspecified atom stereocenters. The number of piperidine rings is 1. The van der Waals surface area contributed by atoms with E-state index < -0.39 is 0 Å². The van der Waals surface area contributed by atoms with Gasteiger partial charge in [0.15, 0.2) is 17.3 Å². The molecule has 30 heavy (non-hydrogen) atoms. The number of ether oxygens (including phenoxy) is 2. The molecule has 4 rings (SSSR count). The molecule has 0 N–H and O–H groups in total. The Bertz CT molecular complexity index is 1010. The SMILES string of the molecule is COc1cc(C(C)=O)ccc1OCCCN1CCC(c2onc3ccccc23)CC1. The number of methoxy groups -OCH3 is 1. The average molecular weight is 408 g/mol. The fourth-order valence-electron chi connectivity index (χ4n) is 4.10. The summed E-state index contributed by atoms with van der Waals surface area (Å²) < 4.78 is 16.9. The van der Waals surface area contributed by atoms with Crippen LogP contribution in [0.5, 0.6) is 11.5 Å². The Balaban J connectivity index is 1.23. The van der Waals surface area contributed by atoms with Gasteiger partial charge in [-0.2, -0.15) is 0 Å². The fourth-order valence-corrected chi connectivity index (χ4v) is 4.10. The van der Waals surface area contributed by atoms with Crippen LogP contribution in [0.2, 0.25) is 0 Å². The monoisotopic (exact) mass is 408 g/mol. The van der Waals surface area contributed by atoms with Gasteiger partial charge >= 0.3 is 0 Å². The molecule has 3 aromatic rings. The van der Waals surface area contributed by atoms with Gasteiger partial charge in [0, 0.05) is 23.4 Å². The lowest BCUT2D eigenvalue weighted by Gasteiger charge is -2.30. The van der Waals surface area contributed by atoms with Crippen molar-refractivity contribution in [2.45, 2.75) is 32.1 Å². The van der Waals surface area contributed by atoms with Crippen molar-refractivity contribution in [3.05, 3.63) is 53.8 Å². The molecule has 1 fully saturated rings. The average Bonchev–Trinajstić information content (AvgIpc) is 3.21. The second kappa shape index (κ2) is 9.30. The van der Waals surface area contributed by atoms with Crippen LogP contribution in [0.25, 0.3) is 10.9 Å². The van der Waals surface area contributed by atoms with Gasteiger partial charge in [0.25, 0.3) is 0 Å². The zero-order chi connectivity index (χ0) is 20.9. The maximum Gasteiger partial charge on any atom is 0.161 e. The Morgan fingerprint density at radius 2 is 1.97 bits per heavy atom. The van der Waals surface area contributed by atoms with Crippen LogP contribution in [0, 0.1) is 0 Å². The van der Waals surface area contributed by atoms with Crippen LogP contribution in [-0.2, 0) is 0 Å². The van der Waals surface area contributed by atoms with E-state index in [2.05, 4.69) is 16.1 Å². The van der Waals surface area contributed by atoms with Crippen LogP contribution in [0.3, 0.4) is 0 Å². The van der Waals surface area contributed by atoms with Gasteiger partial charge in [0.2, 0.25) is 0 Å². The molecule has 0 atom stereocenters. The number of carbonyl (C=O) groups excluding carboxylic acids is 1. The smallest absolute Gasteiger partial charge is 0.161 e. The topological polar surface area (TPSA) is 64.8 Å². The van der Waals surface area contributed by atoms with E-state index >= 15 is 0 Å². The number of fused-ring (bicyclic) bond motifs is 1. The third-order valence-corrected chi connectivity index (χ3v) is 5.82. The molecule has 0 spiro atoms. The highest BCUT2D eigenvalue weighted by Crippen LogP contribution is 2.33. The maximum absolute atomic E-state index is 11.5. The summed E-state index contributed by atoms with van der Waals surface area (Å²) in [6.45, 7) is 5.26. The third-order valence-electron chi connectivity index (χ3n) is 5.82. The van der Waals surface area contributed by atoms with E-state index in [9.17, 15) is 4.79 Å². The molecular weight excluding hydrogens is 380 g/mol. The van der Waals surface area contributed by atoms with E-state index in [1.54, 1.807) is 26.2 Å². The predicted molar refractivity (Wildman–Crippen MR) is 116 cm³/mol. The normalized spacial score (nSPS) is 15.4. The van der Waals surface area contributed by atoms with E-state index in [0.29, 0.717) is 29.6 Å². The van der Waals surface area contributed by atoms with Gasteiger partial charge in [-0.25, -0.2) is 0 Å². The molecule has 1 saturated heterocycles. The molecule has 1 aliphatic rings. The van der Waals surface area contributed by atoms with Gasteiger partial charge in [0.1, 0.15) is 11.3 Å². The number of carbonyl (C=O) groups is 1. The van der Waals surface area contributed by atoms with E-state index in [1.165, 1.54) is 0 Å². The molecule has 158 valence electrons. The van der Waals surface area contributed by atoms with Gasteiger partial charge in [-0.05, 0) is 69.6 Å². The number of nitrogens with zero attached hydrogens (tertiary/aromatic N) is 2. The van der Waals surface area contributed by atoms with Gasteiger partial charge in [-0.15, -0.1) is 0 Å². The molecule has 6 nitrogen and oxygen atoms in total. The van der Waals surface area contributed by atoms with Crippen LogP contribution >= 0.6 is 0 Å². The van der Waals surface area contributed by atoms with Crippen molar-refractivity contribution in [2.24, 2.45) is 0 Å². The minimum atomic E-state index is 0.0154. The quantitative estimate of drug-likeness (QED) is 0.398. The first kappa shape index (κ1) is 20.4. The summed E-state index contributed by atoms with van der Waals surface area (Å²) in [5.74, 6) is 2.77. The summed E-state index contributed by atoms with van der Waals surface area (Å²) in [6.07, 6.45) is 3.11. The Labute approximate surface area is 176 Å². The molecule has 1 aromatic heterocycles. The number of benzene rings is 2. The van der Waals surface area contributed by atoms with E-state index in [4.69, 9.17) is 14.0 Å². The molecule has 0 amide bonds. The van der Waals surface area contributed by atoms with Gasteiger partial charge in [0.05, 0.1) is 13.7 Å². The van der Waals surface area contributed by atoms with E-state index in [-0.39, 0.29) is 5.78 Å². The van der Waals surface area contributed by atoms with Crippen LogP contribution in [0.15, 0.2) is 47.0 Å². The molecule has 0 aliphatic carbocycles. The second-order valence-electron chi connectivity index (χ2n) is 7.80. The second-order valence-corrected chi connectivity index (χ2v) is 7.80. The summed E-state index contributed by atoms with van der Waals surface area (Å²) in [6, 6.07) is 13.5. The van der Waals surface area contributed by atoms with Crippen molar-refractivity contribution < 1.29 is 18.8 Å². The molecule has 2 aromatic carbocycles. The Morgan fingerprint density at radius 3 is 2.73 bits per heavy atom. The van der Waals surface area contributed by atoms with Crippen molar-refractivity contribution in [1.29, 1.82) is 0 Å². The summed E-state index contributed by atoms with van der Waals surface area (Å²) in [5, 5.41) is 5.34. The Kier molecular flexibility index (Phi) is 6.33. The number of Topliss-reactive ketones (excluding diaryl/α,β-unsaturated/α-hetero) is 1. The van der Waals surface area contributed by atoms with Crippen molar-refractivity contribution >= 4 is 16.7 Å². The number of rotatable bonds is 8. The van der Waals surface area contributed by atoms with Crippen molar-refractivity contribution in [1.82, 2.24) is 10.1 Å². The van der Waals surface area contributed by atoms with Crippen LogP contribution in [0.4, 0.5) is 0 Å². The first-order valence-corrected chi connectivity index (χ1v) is 10.5. The van der Waals surface area contributed by atoms with Crippen molar-refractivity contribution in [3.63, 3.8) is 0 Å². The largest absolute Gasteiger partial charge is 0.493 e. The zero-order valence-electron chi connectivity index (χ0n) is 17.6. The summed E-state index contributed by atoms with van der Waals surface area (Å²) >= 11 is 0. The first-order chi connectivity index (χ1) is 14.7. The number of hydrogen-bond donors (Lipinski definition) is 0. The van der Waals surface area contributed by atoms with Crippen LogP contribution in [0.1, 0.15) is 48.2 Å². The molecule has 0 saturated carbocycles. The van der Waals surface area contributed by atoms with Crippen LogP contribution in [-0.4, -0.2) is 49.2 Å². The number of aromatic nitrogens is 1. The zero-order valence-corrected chi connectivity index (χ0v) is 17.6. The highest BCUT2D eigenvalue weighted by molar-refractivity contribution is 5.94. The summed E-state index contributed by atoms with van der Waals surface area (Å²) in [4.78, 5) is 14.0. The van der Waals surface area contributed by atoms with Crippen LogP contribution < -0.4 is 9.47 Å². The van der Waals surface area contributed by atoms with Gasteiger partial charge in [-0.1, -0.05) is 17.3 Å². The summed E-state index contributed by atoms with van der Waals surface area (Å²) in [7, 11) is 1.59. The number of likely N-dealkylation sites (tertiary alicyclic amines) is 1. The van der Waals surface area contributed by atoms with Gasteiger partial charge in [-0.3, -0.25) is 4.79 Å². The first-order valence-electron chi connectivity index (χ1n) is 10.5. The van der Waals surface area contributed by atoms with Gasteiger partial charge < -0.3 is 18.9 Å². The highest BCUT2D eigenvalue weighted by Gasteiger charge is 2.25. The molecule has 1 aliphatic heterocycles. The number of hydrogen-bond acceptors (Lipinski definition) is 6. The minimum Gasteiger partial charge on any atom is -0.493 e. The highest BCUT2D eigenvalue weighted by atomic mass is 16.5. The fraction of sp³-hybridized carbons (Fsp3) is 0.417. The summed E-state index contributed by atoms with van der Waals surface area (Å²) in [5.41, 5.74) is 1.57. The number of ketones is 1. The van der Waals surface area contributed by atoms with Crippen molar-refractivity contribution in [2.75, 3.05) is 33.4 Å². The Morgan fingerprint density at radius 1 is 1.17 bits per heavy atom. The Hall–Kier alpha value is -2.86. The third kappa shape index (κ3) is 4.49. The lowest BCUT2D eigenvalue weighted by atomic mass is 9.92. The molecule has 0 radical (unpaired) electrons. The lowest BCUT2D eigenvalue weighted by Crippen LogP contribution is -2.34. The molecule has 2 heterocycles. The lowest BCUT2D eigenvalue weighted by molar-refractivity contribution is 0.101. The maximum atomic E-state index is 11.5. The van der Waals surface area contributed by atoms with E-state index in [0.717, 1.165) is 55.6 Å². The standard InChI is InChI=1S/C24H28N2O4/c1-17(27)19-8-9-22(23(16-19)28-2)29-15-5-12-26-13-10-18(11-14-26)24-20-6-3-4-7-21(20)25-30-24/h3-4,6-9,16,18H,5,10-15H2,1-2H3. The molecule has 0 bridgehead atoms. The predicted octanol–water partition coefficient (Wildman–Crippen LogP) is 4.69. The van der Waals surface area contributed by atoms with E-state index in [1.807, 2.05) is 24.3 Å². The van der Waals surface area contributed by atoms with Crippen molar-refractivity contribution in [3.8, 4) is 11.5 Å². The molecular formula is C24H28N2O4.